The number of sulfonamides is 1. The molecule has 1 saturated heterocycles. The van der Waals surface area contributed by atoms with Gasteiger partial charge in [-0.25, -0.2) is 12.8 Å². The Bertz CT molecular complexity index is 1380. The maximum absolute atomic E-state index is 14.1. The molecule has 3 aromatic rings. The first-order valence-corrected chi connectivity index (χ1v) is 12.1. The molecule has 1 aliphatic heterocycles. The molecule has 1 aromatic heterocycles. The van der Waals surface area contributed by atoms with E-state index in [0.29, 0.717) is 23.3 Å². The van der Waals surface area contributed by atoms with Crippen LogP contribution in [0.25, 0.3) is 10.9 Å². The molecule has 0 radical (unpaired) electrons. The molecule has 0 bridgehead atoms. The predicted octanol–water partition coefficient (Wildman–Crippen LogP) is 2.98. The maximum atomic E-state index is 14.1. The number of rotatable bonds is 7. The average molecular weight is 487 g/mol. The van der Waals surface area contributed by atoms with E-state index in [2.05, 4.69) is 11.2 Å². The lowest BCUT2D eigenvalue weighted by atomic mass is 10.00. The quantitative estimate of drug-likeness (QED) is 0.544. The lowest BCUT2D eigenvalue weighted by molar-refractivity contribution is -0.136. The number of aliphatic carboxylic acids is 1. The van der Waals surface area contributed by atoms with Crippen LogP contribution in [0.5, 0.6) is 5.75 Å². The minimum atomic E-state index is -4.03. The zero-order valence-corrected chi connectivity index (χ0v) is 19.4. The van der Waals surface area contributed by atoms with Crippen molar-refractivity contribution in [3.63, 3.8) is 0 Å². The minimum Gasteiger partial charge on any atom is -0.494 e. The van der Waals surface area contributed by atoms with Crippen molar-refractivity contribution in [2.24, 2.45) is 5.92 Å². The van der Waals surface area contributed by atoms with Gasteiger partial charge in [0.15, 0.2) is 0 Å². The Balaban J connectivity index is 1.75. The van der Waals surface area contributed by atoms with Crippen molar-refractivity contribution in [1.82, 2.24) is 14.1 Å². The van der Waals surface area contributed by atoms with Crippen LogP contribution in [0.15, 0.2) is 47.4 Å². The number of halogens is 1. The van der Waals surface area contributed by atoms with Gasteiger partial charge < -0.3 is 9.84 Å². The highest BCUT2D eigenvalue weighted by atomic mass is 32.2. The molecule has 1 fully saturated rings. The minimum absolute atomic E-state index is 0.0204. The topological polar surface area (TPSA) is 126 Å². The van der Waals surface area contributed by atoms with Gasteiger partial charge in [0.1, 0.15) is 17.6 Å². The van der Waals surface area contributed by atoms with Crippen LogP contribution in [-0.4, -0.2) is 52.8 Å². The standard InChI is InChI=1S/C23H23FN4O5S/c1-3-33-16-5-7-17(8-6-16)34(31,32)27-13-22(14(2)21(27)12-25)28-20-10-15(24)4-9-18(20)19(26-28)11-23(29)30/h4-10,14,21-22H,3,11,13H2,1-2H3,(H,29,30)/t14-,21+,22-/m0/s1. The first kappa shape index (κ1) is 23.7. The summed E-state index contributed by atoms with van der Waals surface area (Å²) in [6.07, 6.45) is -0.369. The monoisotopic (exact) mass is 486 g/mol. The number of ether oxygens (including phenoxy) is 1. The summed E-state index contributed by atoms with van der Waals surface area (Å²) in [6.45, 7) is 3.92. The average Bonchev–Trinajstić information content (AvgIpc) is 3.31. The van der Waals surface area contributed by atoms with Gasteiger partial charge in [0.05, 0.1) is 41.2 Å². The van der Waals surface area contributed by atoms with E-state index < -0.39 is 39.8 Å². The molecule has 2 heterocycles. The summed E-state index contributed by atoms with van der Waals surface area (Å²) in [6, 6.07) is 10.4. The second-order valence-corrected chi connectivity index (χ2v) is 9.99. The number of fused-ring (bicyclic) bond motifs is 1. The fourth-order valence-corrected chi connectivity index (χ4v) is 6.02. The fourth-order valence-electron chi connectivity index (χ4n) is 4.38. The summed E-state index contributed by atoms with van der Waals surface area (Å²) in [5.41, 5.74) is 0.598. The third kappa shape index (κ3) is 4.10. The second kappa shape index (κ2) is 9.04. The van der Waals surface area contributed by atoms with Crippen LogP contribution in [0.4, 0.5) is 4.39 Å². The van der Waals surface area contributed by atoms with E-state index in [1.807, 2.05) is 6.92 Å². The van der Waals surface area contributed by atoms with Crippen LogP contribution >= 0.6 is 0 Å². The predicted molar refractivity (Wildman–Crippen MR) is 120 cm³/mol. The fraction of sp³-hybridized carbons (Fsp3) is 0.348. The van der Waals surface area contributed by atoms with Crippen LogP contribution < -0.4 is 4.74 Å². The Hall–Kier alpha value is -3.49. The molecule has 0 aliphatic carbocycles. The highest BCUT2D eigenvalue weighted by molar-refractivity contribution is 7.89. The lowest BCUT2D eigenvalue weighted by Crippen LogP contribution is -2.36. The van der Waals surface area contributed by atoms with Gasteiger partial charge in [0, 0.05) is 17.8 Å². The molecule has 0 unspecified atom stereocenters. The Kier molecular flexibility index (Phi) is 6.29. The number of carboxylic acids is 1. The molecule has 1 aliphatic rings. The Morgan fingerprint density at radius 3 is 2.62 bits per heavy atom. The number of nitrogens with zero attached hydrogens (tertiary/aromatic N) is 4. The number of carbonyl (C=O) groups is 1. The molecule has 1 N–H and O–H groups in total. The second-order valence-electron chi connectivity index (χ2n) is 8.10. The van der Waals surface area contributed by atoms with Gasteiger partial charge in [-0.1, -0.05) is 6.92 Å². The first-order chi connectivity index (χ1) is 16.2. The van der Waals surface area contributed by atoms with Gasteiger partial charge in [-0.05, 0) is 49.4 Å². The van der Waals surface area contributed by atoms with E-state index in [9.17, 15) is 28.0 Å². The van der Waals surface area contributed by atoms with Crippen LogP contribution in [-0.2, 0) is 21.2 Å². The zero-order valence-electron chi connectivity index (χ0n) is 18.6. The first-order valence-electron chi connectivity index (χ1n) is 10.7. The van der Waals surface area contributed by atoms with Crippen molar-refractivity contribution >= 4 is 26.9 Å². The molecule has 178 valence electrons. The molecule has 0 saturated carbocycles. The van der Waals surface area contributed by atoms with Crippen molar-refractivity contribution in [2.75, 3.05) is 13.2 Å². The number of aromatic nitrogens is 2. The molecule has 34 heavy (non-hydrogen) atoms. The number of hydrogen-bond acceptors (Lipinski definition) is 6. The van der Waals surface area contributed by atoms with Gasteiger partial charge in [0.2, 0.25) is 10.0 Å². The molecule has 3 atom stereocenters. The van der Waals surface area contributed by atoms with E-state index in [4.69, 9.17) is 4.74 Å². The Labute approximate surface area is 196 Å². The van der Waals surface area contributed by atoms with E-state index in [1.165, 1.54) is 35.0 Å². The number of carboxylic acid groups (broad SMARTS) is 1. The van der Waals surface area contributed by atoms with Crippen LogP contribution in [0.1, 0.15) is 25.6 Å². The van der Waals surface area contributed by atoms with Crippen molar-refractivity contribution in [1.29, 1.82) is 5.26 Å². The van der Waals surface area contributed by atoms with Gasteiger partial charge in [-0.3, -0.25) is 9.48 Å². The van der Waals surface area contributed by atoms with Crippen molar-refractivity contribution < 1.29 is 27.4 Å². The number of benzene rings is 2. The Morgan fingerprint density at radius 2 is 2.00 bits per heavy atom. The van der Waals surface area contributed by atoms with Crippen molar-refractivity contribution in [2.45, 2.75) is 37.2 Å². The van der Waals surface area contributed by atoms with Crippen LogP contribution in [0.2, 0.25) is 0 Å². The van der Waals surface area contributed by atoms with Gasteiger partial charge in [-0.2, -0.15) is 14.7 Å². The summed E-state index contributed by atoms with van der Waals surface area (Å²) in [5, 5.41) is 24.0. The molecule has 2 aromatic carbocycles. The molecular formula is C23H23FN4O5S. The molecule has 11 heteroatoms. The Morgan fingerprint density at radius 1 is 1.29 bits per heavy atom. The third-order valence-corrected chi connectivity index (χ3v) is 7.90. The van der Waals surface area contributed by atoms with E-state index in [1.54, 1.807) is 19.1 Å². The molecule has 9 nitrogen and oxygen atoms in total. The van der Waals surface area contributed by atoms with Crippen molar-refractivity contribution in [3.05, 3.63) is 54.0 Å². The van der Waals surface area contributed by atoms with Gasteiger partial charge in [0.25, 0.3) is 0 Å². The van der Waals surface area contributed by atoms with Gasteiger partial charge in [-0.15, -0.1) is 0 Å². The normalized spacial score (nSPS) is 20.9. The summed E-state index contributed by atoms with van der Waals surface area (Å²) in [5.74, 6) is -1.59. The summed E-state index contributed by atoms with van der Waals surface area (Å²) in [7, 11) is -4.03. The molecular weight excluding hydrogens is 463 g/mol. The van der Waals surface area contributed by atoms with Crippen molar-refractivity contribution in [3.8, 4) is 11.8 Å². The van der Waals surface area contributed by atoms with E-state index in [0.717, 1.165) is 4.31 Å². The number of hydrogen-bond donors (Lipinski definition) is 1. The molecule has 0 spiro atoms. The highest BCUT2D eigenvalue weighted by Crippen LogP contribution is 2.39. The van der Waals surface area contributed by atoms with E-state index >= 15 is 0 Å². The lowest BCUT2D eigenvalue weighted by Gasteiger charge is -2.20. The summed E-state index contributed by atoms with van der Waals surface area (Å²) in [4.78, 5) is 11.3. The molecule has 0 amide bonds. The zero-order chi connectivity index (χ0) is 24.6. The third-order valence-electron chi connectivity index (χ3n) is 6.03. The highest BCUT2D eigenvalue weighted by Gasteiger charge is 2.47. The summed E-state index contributed by atoms with van der Waals surface area (Å²) >= 11 is 0. The smallest absolute Gasteiger partial charge is 0.309 e. The number of nitriles is 1. The summed E-state index contributed by atoms with van der Waals surface area (Å²) < 4.78 is 48.9. The van der Waals surface area contributed by atoms with E-state index in [-0.39, 0.29) is 23.6 Å². The molecule has 4 rings (SSSR count). The largest absolute Gasteiger partial charge is 0.494 e. The maximum Gasteiger partial charge on any atom is 0.309 e. The van der Waals surface area contributed by atoms with Gasteiger partial charge >= 0.3 is 5.97 Å². The van der Waals surface area contributed by atoms with Crippen LogP contribution in [0, 0.1) is 23.1 Å². The SMILES string of the molecule is CCOc1ccc(S(=O)(=O)N2C[C@H](n3nc(CC(=O)O)c4ccc(F)cc43)[C@@H](C)[C@H]2C#N)cc1. The van der Waals surface area contributed by atoms with Crippen LogP contribution in [0.3, 0.4) is 0 Å².